The van der Waals surface area contributed by atoms with E-state index >= 15 is 0 Å². The predicted molar refractivity (Wildman–Crippen MR) is 159 cm³/mol. The van der Waals surface area contributed by atoms with Crippen LogP contribution in [0.3, 0.4) is 0 Å². The van der Waals surface area contributed by atoms with Gasteiger partial charge in [-0.05, 0) is 90.8 Å². The lowest BCUT2D eigenvalue weighted by Crippen LogP contribution is -2.19. The van der Waals surface area contributed by atoms with E-state index in [9.17, 15) is 9.59 Å². The summed E-state index contributed by atoms with van der Waals surface area (Å²) in [4.78, 5) is 34.2. The van der Waals surface area contributed by atoms with Gasteiger partial charge in [-0.15, -0.1) is 11.3 Å². The first-order valence-corrected chi connectivity index (χ1v) is 13.4. The number of rotatable bonds is 8. The molecule has 3 amide bonds. The van der Waals surface area contributed by atoms with Crippen molar-refractivity contribution in [3.8, 4) is 17.0 Å². The molecular weight excluding hydrogens is 522 g/mol. The van der Waals surface area contributed by atoms with Crippen molar-refractivity contribution in [2.24, 2.45) is 0 Å². The van der Waals surface area contributed by atoms with Gasteiger partial charge in [-0.1, -0.05) is 6.07 Å². The van der Waals surface area contributed by atoms with Crippen LogP contribution in [0.25, 0.3) is 11.3 Å². The molecular formula is C31H27N5O3S. The van der Waals surface area contributed by atoms with E-state index in [4.69, 9.17) is 9.72 Å². The summed E-state index contributed by atoms with van der Waals surface area (Å²) in [5.74, 6) is 0.466. The Morgan fingerprint density at radius 2 is 1.57 bits per heavy atom. The number of benzene rings is 3. The van der Waals surface area contributed by atoms with Crippen molar-refractivity contribution in [2.45, 2.75) is 13.3 Å². The molecule has 0 aliphatic rings. The number of ether oxygens (including phenoxy) is 1. The average Bonchev–Trinajstić information content (AvgIpc) is 3.44. The zero-order chi connectivity index (χ0) is 27.9. The summed E-state index contributed by atoms with van der Waals surface area (Å²) in [5.41, 5.74) is 6.49. The number of thiazole rings is 1. The average molecular weight is 550 g/mol. The summed E-state index contributed by atoms with van der Waals surface area (Å²) < 4.78 is 5.12. The first kappa shape index (κ1) is 26.6. The van der Waals surface area contributed by atoms with Crippen LogP contribution >= 0.6 is 11.3 Å². The zero-order valence-corrected chi connectivity index (χ0v) is 22.8. The fraction of sp³-hybridized carbons (Fsp3) is 0.0968. The first-order chi connectivity index (χ1) is 19.5. The van der Waals surface area contributed by atoms with Gasteiger partial charge >= 0.3 is 6.03 Å². The standard InChI is InChI=1S/C31H27N5O3S/c1-20-5-8-26(16-23(20)17-29-36-28(19-40-29)22-4-3-15-32-18-22)33-30(37)21-6-9-24(10-7-21)34-31(38)35-25-11-13-27(39-2)14-12-25/h3-16,18-19H,17H2,1-2H3,(H,33,37)(H2,34,35,38). The number of aryl methyl sites for hydroxylation is 1. The highest BCUT2D eigenvalue weighted by Crippen LogP contribution is 2.25. The number of nitrogens with one attached hydrogen (secondary N) is 3. The van der Waals surface area contributed by atoms with E-state index in [-0.39, 0.29) is 11.9 Å². The van der Waals surface area contributed by atoms with Crippen molar-refractivity contribution in [1.82, 2.24) is 9.97 Å². The minimum absolute atomic E-state index is 0.239. The van der Waals surface area contributed by atoms with Crippen LogP contribution < -0.4 is 20.7 Å². The summed E-state index contributed by atoms with van der Waals surface area (Å²) in [5, 5.41) is 11.5. The van der Waals surface area contributed by atoms with Gasteiger partial charge in [0.1, 0.15) is 5.75 Å². The maximum Gasteiger partial charge on any atom is 0.323 e. The largest absolute Gasteiger partial charge is 0.497 e. The van der Waals surface area contributed by atoms with Crippen LogP contribution in [0.4, 0.5) is 21.9 Å². The molecule has 0 aliphatic heterocycles. The Hall–Kier alpha value is -5.02. The summed E-state index contributed by atoms with van der Waals surface area (Å²) in [6.07, 6.45) is 4.22. The smallest absolute Gasteiger partial charge is 0.323 e. The van der Waals surface area contributed by atoms with E-state index in [0.717, 1.165) is 27.4 Å². The number of methoxy groups -OCH3 is 1. The number of pyridine rings is 1. The number of nitrogens with zero attached hydrogens (tertiary/aromatic N) is 2. The Morgan fingerprint density at radius 1 is 0.875 bits per heavy atom. The Labute approximate surface area is 236 Å². The van der Waals surface area contributed by atoms with Crippen LogP contribution in [0.1, 0.15) is 26.5 Å². The number of anilines is 3. The molecule has 5 rings (SSSR count). The maximum atomic E-state index is 12.9. The third-order valence-corrected chi connectivity index (χ3v) is 7.06. The Morgan fingerprint density at radius 3 is 2.25 bits per heavy atom. The second-order valence-corrected chi connectivity index (χ2v) is 9.97. The van der Waals surface area contributed by atoms with Gasteiger partial charge in [0.25, 0.3) is 5.91 Å². The van der Waals surface area contributed by atoms with Crippen LogP contribution in [0.15, 0.2) is 96.6 Å². The van der Waals surface area contributed by atoms with Gasteiger partial charge in [0.15, 0.2) is 0 Å². The molecule has 0 saturated carbocycles. The summed E-state index contributed by atoms with van der Waals surface area (Å²) in [6, 6.07) is 23.1. The monoisotopic (exact) mass is 549 g/mol. The van der Waals surface area contributed by atoms with Crippen molar-refractivity contribution >= 4 is 40.3 Å². The summed E-state index contributed by atoms with van der Waals surface area (Å²) >= 11 is 1.61. The van der Waals surface area contributed by atoms with Crippen LogP contribution in [-0.4, -0.2) is 29.0 Å². The van der Waals surface area contributed by atoms with Crippen LogP contribution in [-0.2, 0) is 6.42 Å². The quantitative estimate of drug-likeness (QED) is 0.193. The van der Waals surface area contributed by atoms with Crippen molar-refractivity contribution in [3.63, 3.8) is 0 Å². The molecule has 8 nitrogen and oxygen atoms in total. The lowest BCUT2D eigenvalue weighted by Gasteiger charge is -2.11. The van der Waals surface area contributed by atoms with Gasteiger partial charge in [0, 0.05) is 52.4 Å². The van der Waals surface area contributed by atoms with E-state index in [1.807, 2.05) is 42.6 Å². The number of amides is 3. The minimum Gasteiger partial charge on any atom is -0.497 e. The zero-order valence-electron chi connectivity index (χ0n) is 22.0. The molecule has 0 bridgehead atoms. The molecule has 200 valence electrons. The SMILES string of the molecule is COc1ccc(NC(=O)Nc2ccc(C(=O)Nc3ccc(C)c(Cc4nc(-c5cccnc5)cs4)c3)cc2)cc1. The molecule has 0 unspecified atom stereocenters. The molecule has 0 radical (unpaired) electrons. The van der Waals surface area contributed by atoms with Crippen molar-refractivity contribution in [3.05, 3.63) is 118 Å². The lowest BCUT2D eigenvalue weighted by atomic mass is 10.0. The number of carbonyl (C=O) groups is 2. The third-order valence-electron chi connectivity index (χ3n) is 6.21. The van der Waals surface area contributed by atoms with E-state index in [2.05, 4.69) is 20.9 Å². The van der Waals surface area contributed by atoms with E-state index in [0.29, 0.717) is 34.8 Å². The highest BCUT2D eigenvalue weighted by molar-refractivity contribution is 7.10. The number of hydrogen-bond acceptors (Lipinski definition) is 6. The molecule has 0 aliphatic carbocycles. The Balaban J connectivity index is 1.19. The molecule has 9 heteroatoms. The topological polar surface area (TPSA) is 105 Å². The molecule has 5 aromatic rings. The minimum atomic E-state index is -0.387. The molecule has 0 saturated heterocycles. The Kier molecular flexibility index (Phi) is 8.13. The summed E-state index contributed by atoms with van der Waals surface area (Å²) in [7, 11) is 1.58. The van der Waals surface area contributed by atoms with E-state index < -0.39 is 0 Å². The van der Waals surface area contributed by atoms with Gasteiger partial charge in [-0.25, -0.2) is 9.78 Å². The first-order valence-electron chi connectivity index (χ1n) is 12.5. The molecule has 0 spiro atoms. The lowest BCUT2D eigenvalue weighted by molar-refractivity contribution is 0.102. The number of aromatic nitrogens is 2. The van der Waals surface area contributed by atoms with Gasteiger partial charge in [0.2, 0.25) is 0 Å². The molecule has 40 heavy (non-hydrogen) atoms. The van der Waals surface area contributed by atoms with Crippen LogP contribution in [0.2, 0.25) is 0 Å². The predicted octanol–water partition coefficient (Wildman–Crippen LogP) is 7.01. The fourth-order valence-electron chi connectivity index (χ4n) is 4.02. The van der Waals surface area contributed by atoms with E-state index in [1.165, 1.54) is 0 Å². The van der Waals surface area contributed by atoms with Crippen LogP contribution in [0.5, 0.6) is 5.75 Å². The fourth-order valence-corrected chi connectivity index (χ4v) is 4.84. The molecule has 0 atom stereocenters. The molecule has 3 N–H and O–H groups in total. The van der Waals surface area contributed by atoms with Crippen LogP contribution in [0, 0.1) is 6.92 Å². The molecule has 2 aromatic heterocycles. The van der Waals surface area contributed by atoms with Gasteiger partial charge in [0.05, 0.1) is 17.8 Å². The third kappa shape index (κ3) is 6.69. The van der Waals surface area contributed by atoms with Crippen molar-refractivity contribution < 1.29 is 14.3 Å². The molecule has 3 aromatic carbocycles. The number of urea groups is 1. The number of carbonyl (C=O) groups excluding carboxylic acids is 2. The highest BCUT2D eigenvalue weighted by atomic mass is 32.1. The maximum absolute atomic E-state index is 12.9. The Bertz CT molecular complexity index is 1620. The van der Waals surface area contributed by atoms with Gasteiger partial charge in [-0.3, -0.25) is 9.78 Å². The van der Waals surface area contributed by atoms with Crippen molar-refractivity contribution in [1.29, 1.82) is 0 Å². The van der Waals surface area contributed by atoms with E-state index in [1.54, 1.807) is 79.4 Å². The number of hydrogen-bond donors (Lipinski definition) is 3. The molecule has 2 heterocycles. The van der Waals surface area contributed by atoms with Gasteiger partial charge in [-0.2, -0.15) is 0 Å². The van der Waals surface area contributed by atoms with Gasteiger partial charge < -0.3 is 20.7 Å². The van der Waals surface area contributed by atoms with Crippen molar-refractivity contribution in [2.75, 3.05) is 23.1 Å². The second kappa shape index (κ2) is 12.2. The highest BCUT2D eigenvalue weighted by Gasteiger charge is 2.11. The second-order valence-electron chi connectivity index (χ2n) is 9.03. The summed E-state index contributed by atoms with van der Waals surface area (Å²) in [6.45, 7) is 2.05. The normalized spacial score (nSPS) is 10.6. The molecule has 0 fully saturated rings.